The molecule has 1 heteroatoms. The van der Waals surface area contributed by atoms with Crippen LogP contribution in [0.2, 0.25) is 0 Å². The molecule has 0 bridgehead atoms. The maximum atomic E-state index is 2.60. The highest BCUT2D eigenvalue weighted by molar-refractivity contribution is 5.62. The van der Waals surface area contributed by atoms with Gasteiger partial charge in [-0.05, 0) is 24.5 Å². The molecule has 1 aromatic carbocycles. The molecule has 1 aromatic rings. The van der Waals surface area contributed by atoms with Gasteiger partial charge in [-0.25, -0.2) is 0 Å². The summed E-state index contributed by atoms with van der Waals surface area (Å²) in [6, 6.07) is 9.69. The van der Waals surface area contributed by atoms with Crippen molar-refractivity contribution in [1.29, 1.82) is 0 Å². The van der Waals surface area contributed by atoms with Crippen molar-refractivity contribution >= 4 is 5.69 Å². The predicted molar refractivity (Wildman–Crippen MR) is 55.2 cm³/mol. The van der Waals surface area contributed by atoms with Crippen molar-refractivity contribution in [3.63, 3.8) is 0 Å². The summed E-state index contributed by atoms with van der Waals surface area (Å²) < 4.78 is 0. The Morgan fingerprint density at radius 2 is 2.15 bits per heavy atom. The van der Waals surface area contributed by atoms with Gasteiger partial charge < -0.3 is 4.90 Å². The van der Waals surface area contributed by atoms with Crippen LogP contribution in [-0.2, 0) is 0 Å². The van der Waals surface area contributed by atoms with Crippen LogP contribution in [0.3, 0.4) is 0 Å². The quantitative estimate of drug-likeness (QED) is 0.583. The van der Waals surface area contributed by atoms with Gasteiger partial charge in [-0.1, -0.05) is 25.1 Å². The van der Waals surface area contributed by atoms with Crippen molar-refractivity contribution < 1.29 is 0 Å². The molecule has 2 aliphatic rings. The highest BCUT2D eigenvalue weighted by Crippen LogP contribution is 2.44. The van der Waals surface area contributed by atoms with Gasteiger partial charge in [0.05, 0.1) is 0 Å². The summed E-state index contributed by atoms with van der Waals surface area (Å²) >= 11 is 0. The Bertz CT molecular complexity index is 332. The molecule has 1 fully saturated rings. The van der Waals surface area contributed by atoms with E-state index >= 15 is 0 Å². The van der Waals surface area contributed by atoms with Crippen LogP contribution in [0.15, 0.2) is 24.3 Å². The highest BCUT2D eigenvalue weighted by atomic mass is 15.2. The standard InChI is InChI=1S/C12H15N/c1-9-10-5-2-3-6-12(10)13-8-4-7-11(9)13/h2-3,5-6,9,11H,4,7-8H2,1H3/t9-,11+/m0/s1. The Labute approximate surface area is 79.4 Å². The van der Waals surface area contributed by atoms with Gasteiger partial charge in [0.25, 0.3) is 0 Å². The van der Waals surface area contributed by atoms with E-state index in [2.05, 4.69) is 36.1 Å². The number of hydrogen-bond donors (Lipinski definition) is 0. The Morgan fingerprint density at radius 3 is 3.08 bits per heavy atom. The zero-order chi connectivity index (χ0) is 8.84. The Morgan fingerprint density at radius 1 is 1.31 bits per heavy atom. The minimum absolute atomic E-state index is 0.749. The third-order valence-electron chi connectivity index (χ3n) is 3.61. The van der Waals surface area contributed by atoms with Gasteiger partial charge in [0.15, 0.2) is 0 Å². The number of para-hydroxylation sites is 1. The largest absolute Gasteiger partial charge is 0.368 e. The van der Waals surface area contributed by atoms with E-state index in [9.17, 15) is 0 Å². The minimum Gasteiger partial charge on any atom is -0.368 e. The van der Waals surface area contributed by atoms with Crippen molar-refractivity contribution in [2.45, 2.75) is 31.7 Å². The lowest BCUT2D eigenvalue weighted by Gasteiger charge is -2.20. The van der Waals surface area contributed by atoms with Crippen molar-refractivity contribution in [3.8, 4) is 0 Å². The van der Waals surface area contributed by atoms with E-state index in [4.69, 9.17) is 0 Å². The average Bonchev–Trinajstić information content (AvgIpc) is 2.72. The van der Waals surface area contributed by atoms with Crippen LogP contribution in [0.1, 0.15) is 31.2 Å². The zero-order valence-electron chi connectivity index (χ0n) is 8.03. The molecule has 1 nitrogen and oxygen atoms in total. The highest BCUT2D eigenvalue weighted by Gasteiger charge is 2.37. The molecule has 1 saturated heterocycles. The summed E-state index contributed by atoms with van der Waals surface area (Å²) in [7, 11) is 0. The molecule has 0 aromatic heterocycles. The van der Waals surface area contributed by atoms with E-state index < -0.39 is 0 Å². The molecule has 13 heavy (non-hydrogen) atoms. The topological polar surface area (TPSA) is 3.24 Å². The lowest BCUT2D eigenvalue weighted by Crippen LogP contribution is -2.26. The number of benzene rings is 1. The Balaban J connectivity index is 2.13. The first-order valence-corrected chi connectivity index (χ1v) is 5.23. The number of anilines is 1. The minimum atomic E-state index is 0.749. The van der Waals surface area contributed by atoms with Crippen molar-refractivity contribution in [1.82, 2.24) is 0 Å². The summed E-state index contributed by atoms with van der Waals surface area (Å²) in [6.45, 7) is 3.64. The summed E-state index contributed by atoms with van der Waals surface area (Å²) in [5, 5.41) is 0. The molecule has 0 N–H and O–H groups in total. The first kappa shape index (κ1) is 7.43. The van der Waals surface area contributed by atoms with Gasteiger partial charge in [-0.15, -0.1) is 0 Å². The van der Waals surface area contributed by atoms with Gasteiger partial charge in [-0.2, -0.15) is 0 Å². The molecule has 2 aliphatic heterocycles. The van der Waals surface area contributed by atoms with Crippen LogP contribution >= 0.6 is 0 Å². The van der Waals surface area contributed by atoms with Gasteiger partial charge in [-0.3, -0.25) is 0 Å². The lowest BCUT2D eigenvalue weighted by atomic mass is 9.95. The van der Waals surface area contributed by atoms with Gasteiger partial charge in [0.2, 0.25) is 0 Å². The number of fused-ring (bicyclic) bond motifs is 3. The summed E-state index contributed by atoms with van der Waals surface area (Å²) in [4.78, 5) is 2.60. The third-order valence-corrected chi connectivity index (χ3v) is 3.61. The van der Waals surface area contributed by atoms with Crippen molar-refractivity contribution in [3.05, 3.63) is 29.8 Å². The van der Waals surface area contributed by atoms with Crippen LogP contribution in [0.5, 0.6) is 0 Å². The van der Waals surface area contributed by atoms with E-state index in [1.54, 1.807) is 5.56 Å². The first-order valence-electron chi connectivity index (χ1n) is 5.23. The van der Waals surface area contributed by atoms with E-state index in [1.165, 1.54) is 25.1 Å². The molecule has 0 saturated carbocycles. The molecule has 2 atom stereocenters. The fraction of sp³-hybridized carbons (Fsp3) is 0.500. The summed E-state index contributed by atoms with van der Waals surface area (Å²) in [5.74, 6) is 0.749. The lowest BCUT2D eigenvalue weighted by molar-refractivity contribution is 0.603. The second-order valence-corrected chi connectivity index (χ2v) is 4.25. The fourth-order valence-corrected chi connectivity index (χ4v) is 2.95. The fourth-order valence-electron chi connectivity index (χ4n) is 2.95. The van der Waals surface area contributed by atoms with E-state index in [1.807, 2.05) is 0 Å². The van der Waals surface area contributed by atoms with Crippen molar-refractivity contribution in [2.24, 2.45) is 0 Å². The van der Waals surface area contributed by atoms with Crippen LogP contribution < -0.4 is 4.90 Å². The second kappa shape index (κ2) is 2.50. The van der Waals surface area contributed by atoms with Gasteiger partial charge >= 0.3 is 0 Å². The number of nitrogens with zero attached hydrogens (tertiary/aromatic N) is 1. The molecule has 0 unspecified atom stereocenters. The average molecular weight is 173 g/mol. The molecule has 0 radical (unpaired) electrons. The third kappa shape index (κ3) is 0.874. The Kier molecular flexibility index (Phi) is 1.43. The predicted octanol–water partition coefficient (Wildman–Crippen LogP) is 2.77. The molecular formula is C12H15N. The van der Waals surface area contributed by atoms with Crippen LogP contribution in [0.4, 0.5) is 5.69 Å². The van der Waals surface area contributed by atoms with Crippen LogP contribution in [-0.4, -0.2) is 12.6 Å². The normalized spacial score (nSPS) is 30.4. The van der Waals surface area contributed by atoms with E-state index in [0.717, 1.165) is 12.0 Å². The number of hydrogen-bond acceptors (Lipinski definition) is 1. The second-order valence-electron chi connectivity index (χ2n) is 4.25. The van der Waals surface area contributed by atoms with Crippen molar-refractivity contribution in [2.75, 3.05) is 11.4 Å². The maximum absolute atomic E-state index is 2.60. The first-order chi connectivity index (χ1) is 6.38. The van der Waals surface area contributed by atoms with E-state index in [-0.39, 0.29) is 0 Å². The molecule has 0 amide bonds. The molecule has 0 aliphatic carbocycles. The molecular weight excluding hydrogens is 158 g/mol. The maximum Gasteiger partial charge on any atom is 0.0404 e. The molecule has 2 heterocycles. The van der Waals surface area contributed by atoms with Crippen LogP contribution in [0.25, 0.3) is 0 Å². The summed E-state index contributed by atoms with van der Waals surface area (Å²) in [5.41, 5.74) is 3.06. The number of rotatable bonds is 0. The Hall–Kier alpha value is -0.980. The zero-order valence-corrected chi connectivity index (χ0v) is 8.03. The van der Waals surface area contributed by atoms with Gasteiger partial charge in [0.1, 0.15) is 0 Å². The summed E-state index contributed by atoms with van der Waals surface area (Å²) in [6.07, 6.45) is 2.76. The van der Waals surface area contributed by atoms with Gasteiger partial charge in [0, 0.05) is 24.2 Å². The molecule has 3 rings (SSSR count). The molecule has 68 valence electrons. The smallest absolute Gasteiger partial charge is 0.0404 e. The monoisotopic (exact) mass is 173 g/mol. The van der Waals surface area contributed by atoms with E-state index in [0.29, 0.717) is 0 Å². The van der Waals surface area contributed by atoms with Crippen LogP contribution in [0, 0.1) is 0 Å². The SMILES string of the molecule is C[C@H]1c2ccccc2N2CCC[C@H]12. The molecule has 0 spiro atoms.